The van der Waals surface area contributed by atoms with Crippen LogP contribution in [0.25, 0.3) is 11.0 Å². The first kappa shape index (κ1) is 16.7. The molecule has 0 saturated carbocycles. The van der Waals surface area contributed by atoms with Crippen LogP contribution >= 0.6 is 23.2 Å². The van der Waals surface area contributed by atoms with Gasteiger partial charge >= 0.3 is 0 Å². The molecule has 124 valence electrons. The van der Waals surface area contributed by atoms with Gasteiger partial charge in [-0.1, -0.05) is 29.3 Å². The molecule has 0 atom stereocenters. The summed E-state index contributed by atoms with van der Waals surface area (Å²) in [6.07, 6.45) is -2.69. The third kappa shape index (κ3) is 3.49. The zero-order valence-corrected chi connectivity index (χ0v) is 13.6. The molecule has 0 aliphatic heterocycles. The van der Waals surface area contributed by atoms with Crippen molar-refractivity contribution in [2.75, 3.05) is 0 Å². The molecule has 0 aliphatic rings. The highest BCUT2D eigenvalue weighted by atomic mass is 35.5. The van der Waals surface area contributed by atoms with Gasteiger partial charge in [0, 0.05) is 22.2 Å². The second-order valence-corrected chi connectivity index (χ2v) is 5.92. The number of fused-ring (bicyclic) bond motifs is 1. The summed E-state index contributed by atoms with van der Waals surface area (Å²) in [4.78, 5) is 18.5. The Morgan fingerprint density at radius 1 is 1.21 bits per heavy atom. The lowest BCUT2D eigenvalue weighted by molar-refractivity contribution is 0.0951. The predicted octanol–water partition coefficient (Wildman–Crippen LogP) is 4.74. The van der Waals surface area contributed by atoms with Gasteiger partial charge < -0.3 is 10.3 Å². The Balaban J connectivity index is 1.75. The maximum absolute atomic E-state index is 12.6. The summed E-state index contributed by atoms with van der Waals surface area (Å²) in [5.74, 6) is -0.772. The number of rotatable bonds is 4. The third-order valence-corrected chi connectivity index (χ3v) is 4.01. The molecule has 4 nitrogen and oxygen atoms in total. The van der Waals surface area contributed by atoms with Crippen LogP contribution in [0.4, 0.5) is 8.78 Å². The number of H-pyrrole nitrogens is 1. The first-order valence-corrected chi connectivity index (χ1v) is 7.69. The van der Waals surface area contributed by atoms with Crippen LogP contribution in [0.2, 0.25) is 10.0 Å². The molecule has 3 rings (SSSR count). The van der Waals surface area contributed by atoms with Crippen LogP contribution in [-0.4, -0.2) is 15.9 Å². The molecule has 24 heavy (non-hydrogen) atoms. The predicted molar refractivity (Wildman–Crippen MR) is 88.7 cm³/mol. The fourth-order valence-corrected chi connectivity index (χ4v) is 2.69. The molecule has 0 saturated heterocycles. The van der Waals surface area contributed by atoms with Crippen LogP contribution in [0.1, 0.15) is 28.2 Å². The Labute approximate surface area is 145 Å². The van der Waals surface area contributed by atoms with Crippen molar-refractivity contribution in [2.24, 2.45) is 0 Å². The van der Waals surface area contributed by atoms with Crippen LogP contribution in [-0.2, 0) is 6.54 Å². The molecule has 0 unspecified atom stereocenters. The first-order chi connectivity index (χ1) is 11.4. The van der Waals surface area contributed by atoms with Crippen molar-refractivity contribution in [3.8, 4) is 0 Å². The molecule has 0 fully saturated rings. The second kappa shape index (κ2) is 6.75. The van der Waals surface area contributed by atoms with Gasteiger partial charge in [0.15, 0.2) is 5.82 Å². The number of imidazole rings is 1. The standard InChI is InChI=1S/C16H11Cl2F2N3O/c17-10-3-1-9(11(18)6-10)7-21-16(24)8-2-4-12-13(5-8)23-15(22-12)14(19)20/h1-6,14H,7H2,(H,21,24)(H,22,23). The smallest absolute Gasteiger partial charge is 0.295 e. The van der Waals surface area contributed by atoms with E-state index in [0.717, 1.165) is 5.56 Å². The topological polar surface area (TPSA) is 57.8 Å². The van der Waals surface area contributed by atoms with Crippen molar-refractivity contribution < 1.29 is 13.6 Å². The molecule has 0 spiro atoms. The Morgan fingerprint density at radius 2 is 2.00 bits per heavy atom. The van der Waals surface area contributed by atoms with Gasteiger partial charge in [0.25, 0.3) is 12.3 Å². The Bertz CT molecular complexity index is 911. The highest BCUT2D eigenvalue weighted by Crippen LogP contribution is 2.22. The van der Waals surface area contributed by atoms with Crippen LogP contribution in [0.15, 0.2) is 36.4 Å². The average molecular weight is 370 g/mol. The van der Waals surface area contributed by atoms with E-state index in [2.05, 4.69) is 15.3 Å². The molecular weight excluding hydrogens is 359 g/mol. The lowest BCUT2D eigenvalue weighted by atomic mass is 10.1. The van der Waals surface area contributed by atoms with E-state index in [1.54, 1.807) is 18.2 Å². The Hall–Kier alpha value is -2.18. The number of benzene rings is 2. The number of carbonyl (C=O) groups is 1. The summed E-state index contributed by atoms with van der Waals surface area (Å²) in [6.45, 7) is 0.220. The van der Waals surface area contributed by atoms with E-state index in [1.165, 1.54) is 18.2 Å². The fourth-order valence-electron chi connectivity index (χ4n) is 2.22. The average Bonchev–Trinajstić information content (AvgIpc) is 2.97. The number of aromatic amines is 1. The number of nitrogens with one attached hydrogen (secondary N) is 2. The van der Waals surface area contributed by atoms with Gasteiger partial charge in [0.05, 0.1) is 11.0 Å². The molecule has 2 N–H and O–H groups in total. The van der Waals surface area contributed by atoms with Crippen molar-refractivity contribution in [1.29, 1.82) is 0 Å². The number of amides is 1. The van der Waals surface area contributed by atoms with Crippen molar-refractivity contribution in [3.05, 3.63) is 63.4 Å². The van der Waals surface area contributed by atoms with E-state index in [-0.39, 0.29) is 12.5 Å². The quantitative estimate of drug-likeness (QED) is 0.697. The first-order valence-electron chi connectivity index (χ1n) is 6.94. The summed E-state index contributed by atoms with van der Waals surface area (Å²) in [5, 5.41) is 3.68. The normalized spacial score (nSPS) is 11.2. The van der Waals surface area contributed by atoms with E-state index in [0.29, 0.717) is 26.6 Å². The molecule has 1 amide bonds. The van der Waals surface area contributed by atoms with E-state index in [1.807, 2.05) is 0 Å². The number of nitrogens with zero attached hydrogens (tertiary/aromatic N) is 1. The largest absolute Gasteiger partial charge is 0.348 e. The van der Waals surface area contributed by atoms with Crippen LogP contribution < -0.4 is 5.32 Å². The van der Waals surface area contributed by atoms with Gasteiger partial charge in [-0.15, -0.1) is 0 Å². The van der Waals surface area contributed by atoms with Gasteiger partial charge in [0.2, 0.25) is 0 Å². The van der Waals surface area contributed by atoms with Gasteiger partial charge in [-0.3, -0.25) is 4.79 Å². The van der Waals surface area contributed by atoms with Crippen LogP contribution in [0.3, 0.4) is 0 Å². The number of hydrogen-bond acceptors (Lipinski definition) is 2. The Kier molecular flexibility index (Phi) is 4.69. The van der Waals surface area contributed by atoms with E-state index in [9.17, 15) is 13.6 Å². The molecule has 0 bridgehead atoms. The summed E-state index contributed by atoms with van der Waals surface area (Å²) in [7, 11) is 0. The summed E-state index contributed by atoms with van der Waals surface area (Å²) >= 11 is 11.9. The second-order valence-electron chi connectivity index (χ2n) is 5.07. The number of alkyl halides is 2. The number of carbonyl (C=O) groups excluding carboxylic acids is 1. The summed E-state index contributed by atoms with van der Waals surface area (Å²) in [6, 6.07) is 9.51. The molecule has 3 aromatic rings. The van der Waals surface area contributed by atoms with Gasteiger partial charge in [-0.2, -0.15) is 0 Å². The molecule has 1 heterocycles. The minimum atomic E-state index is -2.69. The molecule has 2 aromatic carbocycles. The van der Waals surface area contributed by atoms with Crippen molar-refractivity contribution >= 4 is 40.1 Å². The highest BCUT2D eigenvalue weighted by Gasteiger charge is 2.14. The zero-order chi connectivity index (χ0) is 17.3. The molecule has 0 radical (unpaired) electrons. The summed E-state index contributed by atoms with van der Waals surface area (Å²) < 4.78 is 25.3. The minimum absolute atomic E-state index is 0.220. The third-order valence-electron chi connectivity index (χ3n) is 3.42. The monoisotopic (exact) mass is 369 g/mol. The van der Waals surface area contributed by atoms with Crippen molar-refractivity contribution in [1.82, 2.24) is 15.3 Å². The van der Waals surface area contributed by atoms with Crippen molar-refractivity contribution in [3.63, 3.8) is 0 Å². The minimum Gasteiger partial charge on any atom is -0.348 e. The molecule has 0 aliphatic carbocycles. The maximum atomic E-state index is 12.6. The molecule has 8 heteroatoms. The van der Waals surface area contributed by atoms with Crippen LogP contribution in [0.5, 0.6) is 0 Å². The summed E-state index contributed by atoms with van der Waals surface area (Å²) in [5.41, 5.74) is 1.80. The van der Waals surface area contributed by atoms with Gasteiger partial charge in [-0.25, -0.2) is 13.8 Å². The SMILES string of the molecule is O=C(NCc1ccc(Cl)cc1Cl)c1ccc2nc(C(F)F)[nH]c2c1. The van der Waals surface area contributed by atoms with Gasteiger partial charge in [-0.05, 0) is 35.9 Å². The molecular formula is C16H11Cl2F2N3O. The highest BCUT2D eigenvalue weighted by molar-refractivity contribution is 6.35. The van der Waals surface area contributed by atoms with E-state index in [4.69, 9.17) is 23.2 Å². The van der Waals surface area contributed by atoms with Gasteiger partial charge in [0.1, 0.15) is 0 Å². The molecule has 1 aromatic heterocycles. The van der Waals surface area contributed by atoms with E-state index >= 15 is 0 Å². The zero-order valence-electron chi connectivity index (χ0n) is 12.1. The van der Waals surface area contributed by atoms with Crippen molar-refractivity contribution in [2.45, 2.75) is 13.0 Å². The van der Waals surface area contributed by atoms with E-state index < -0.39 is 12.2 Å². The number of aromatic nitrogens is 2. The number of hydrogen-bond donors (Lipinski definition) is 2. The lowest BCUT2D eigenvalue weighted by Gasteiger charge is -2.07. The lowest BCUT2D eigenvalue weighted by Crippen LogP contribution is -2.22. The fraction of sp³-hybridized carbons (Fsp3) is 0.125. The van der Waals surface area contributed by atoms with Crippen LogP contribution in [0, 0.1) is 0 Å². The maximum Gasteiger partial charge on any atom is 0.295 e. The Morgan fingerprint density at radius 3 is 2.71 bits per heavy atom. The number of halogens is 4.